The minimum atomic E-state index is 0.572. The number of nitrogens with one attached hydrogen (secondary N) is 1. The van der Waals surface area contributed by atoms with Crippen LogP contribution in [-0.4, -0.2) is 25.8 Å². The van der Waals surface area contributed by atoms with Gasteiger partial charge in [0.05, 0.1) is 6.61 Å². The van der Waals surface area contributed by atoms with Gasteiger partial charge < -0.3 is 10.1 Å². The Balaban J connectivity index is 2.16. The van der Waals surface area contributed by atoms with Crippen LogP contribution in [0.5, 0.6) is 0 Å². The van der Waals surface area contributed by atoms with Crippen molar-refractivity contribution in [2.75, 3.05) is 13.7 Å². The van der Waals surface area contributed by atoms with Gasteiger partial charge in [-0.2, -0.15) is 0 Å². The maximum Gasteiger partial charge on any atom is 0.0616 e. The first-order valence-electron chi connectivity index (χ1n) is 4.97. The molecule has 1 aliphatic rings. The van der Waals surface area contributed by atoms with Gasteiger partial charge in [-0.3, -0.25) is 0 Å². The van der Waals surface area contributed by atoms with Crippen molar-refractivity contribution in [3.63, 3.8) is 0 Å². The van der Waals surface area contributed by atoms with E-state index in [0.29, 0.717) is 6.04 Å². The molecule has 0 bridgehead atoms. The summed E-state index contributed by atoms with van der Waals surface area (Å²) in [6, 6.07) is 1.37. The molecule has 2 heteroatoms. The Morgan fingerprint density at radius 2 is 2.08 bits per heavy atom. The number of methoxy groups -OCH3 is 1. The van der Waals surface area contributed by atoms with E-state index in [1.54, 1.807) is 7.11 Å². The van der Waals surface area contributed by atoms with Crippen molar-refractivity contribution in [3.8, 4) is 0 Å². The molecule has 0 spiro atoms. The highest BCUT2D eigenvalue weighted by molar-refractivity contribution is 4.85. The largest absolute Gasteiger partial charge is 0.383 e. The second kappa shape index (κ2) is 4.83. The summed E-state index contributed by atoms with van der Waals surface area (Å²) < 4.78 is 5.17. The second-order valence-electron chi connectivity index (χ2n) is 4.22. The monoisotopic (exact) mass is 171 g/mol. The molecular formula is C10H21NO. The maximum atomic E-state index is 5.17. The van der Waals surface area contributed by atoms with Gasteiger partial charge in [-0.15, -0.1) is 0 Å². The fourth-order valence-corrected chi connectivity index (χ4v) is 1.54. The smallest absolute Gasteiger partial charge is 0.0616 e. The molecule has 0 saturated heterocycles. The molecule has 72 valence electrons. The molecular weight excluding hydrogens is 150 g/mol. The second-order valence-corrected chi connectivity index (χ2v) is 4.22. The van der Waals surface area contributed by atoms with Crippen molar-refractivity contribution in [3.05, 3.63) is 0 Å². The lowest BCUT2D eigenvalue weighted by Crippen LogP contribution is -2.35. The van der Waals surface area contributed by atoms with Gasteiger partial charge >= 0.3 is 0 Å². The average molecular weight is 171 g/mol. The molecule has 2 nitrogen and oxygen atoms in total. The quantitative estimate of drug-likeness (QED) is 0.658. The molecule has 1 aliphatic carbocycles. The summed E-state index contributed by atoms with van der Waals surface area (Å²) in [6.07, 6.45) is 3.95. The predicted molar refractivity (Wildman–Crippen MR) is 51.3 cm³/mol. The van der Waals surface area contributed by atoms with Crippen molar-refractivity contribution >= 4 is 0 Å². The van der Waals surface area contributed by atoms with Gasteiger partial charge in [0.25, 0.3) is 0 Å². The molecule has 1 rings (SSSR count). The highest BCUT2D eigenvalue weighted by atomic mass is 16.5. The van der Waals surface area contributed by atoms with E-state index in [-0.39, 0.29) is 0 Å². The molecule has 1 N–H and O–H groups in total. The lowest BCUT2D eigenvalue weighted by molar-refractivity contribution is 0.155. The van der Waals surface area contributed by atoms with Crippen LogP contribution in [0.1, 0.15) is 33.1 Å². The van der Waals surface area contributed by atoms with Crippen LogP contribution in [0, 0.1) is 5.92 Å². The van der Waals surface area contributed by atoms with E-state index in [4.69, 9.17) is 4.74 Å². The first-order valence-corrected chi connectivity index (χ1v) is 4.97. The van der Waals surface area contributed by atoms with Crippen LogP contribution >= 0.6 is 0 Å². The van der Waals surface area contributed by atoms with E-state index in [0.717, 1.165) is 18.6 Å². The Kier molecular flexibility index (Phi) is 4.02. The van der Waals surface area contributed by atoms with Gasteiger partial charge in [0.15, 0.2) is 0 Å². The third kappa shape index (κ3) is 4.07. The van der Waals surface area contributed by atoms with Crippen LogP contribution in [0.15, 0.2) is 0 Å². The molecule has 0 aliphatic heterocycles. The number of hydrogen-bond donors (Lipinski definition) is 1. The summed E-state index contributed by atoms with van der Waals surface area (Å²) in [4.78, 5) is 0. The topological polar surface area (TPSA) is 21.3 Å². The number of hydrogen-bond acceptors (Lipinski definition) is 2. The molecule has 0 aromatic carbocycles. The maximum absolute atomic E-state index is 5.17. The van der Waals surface area contributed by atoms with E-state index in [1.807, 2.05) is 0 Å². The van der Waals surface area contributed by atoms with Crippen LogP contribution in [0.25, 0.3) is 0 Å². The van der Waals surface area contributed by atoms with Gasteiger partial charge in [0, 0.05) is 19.2 Å². The Hall–Kier alpha value is -0.0800. The fraction of sp³-hybridized carbons (Fsp3) is 1.00. The SMILES string of the molecule is COC[C@@H](CC(C)C)NC1CC1. The van der Waals surface area contributed by atoms with Crippen molar-refractivity contribution in [1.82, 2.24) is 5.32 Å². The van der Waals surface area contributed by atoms with Gasteiger partial charge in [-0.05, 0) is 25.2 Å². The first-order chi connectivity index (χ1) is 5.72. The minimum absolute atomic E-state index is 0.572. The summed E-state index contributed by atoms with van der Waals surface area (Å²) in [5.74, 6) is 0.761. The fourth-order valence-electron chi connectivity index (χ4n) is 1.54. The van der Waals surface area contributed by atoms with E-state index in [2.05, 4.69) is 19.2 Å². The third-order valence-electron chi connectivity index (χ3n) is 2.17. The Bertz CT molecular complexity index is 117. The average Bonchev–Trinajstić information content (AvgIpc) is 2.70. The standard InChI is InChI=1S/C10H21NO/c1-8(2)6-10(7-12-3)11-9-4-5-9/h8-11H,4-7H2,1-3H3/t10-/m1/s1. The molecule has 0 heterocycles. The van der Waals surface area contributed by atoms with E-state index in [1.165, 1.54) is 19.3 Å². The normalized spacial score (nSPS) is 20.0. The summed E-state index contributed by atoms with van der Waals surface area (Å²) in [5.41, 5.74) is 0. The molecule has 1 fully saturated rings. The Morgan fingerprint density at radius 1 is 1.42 bits per heavy atom. The lowest BCUT2D eigenvalue weighted by Gasteiger charge is -2.19. The summed E-state index contributed by atoms with van der Waals surface area (Å²) in [6.45, 7) is 5.38. The van der Waals surface area contributed by atoms with Gasteiger partial charge in [0.2, 0.25) is 0 Å². The molecule has 0 radical (unpaired) electrons. The van der Waals surface area contributed by atoms with E-state index < -0.39 is 0 Å². The third-order valence-corrected chi connectivity index (χ3v) is 2.17. The van der Waals surface area contributed by atoms with Crippen LogP contribution < -0.4 is 5.32 Å². The highest BCUT2D eigenvalue weighted by Gasteiger charge is 2.24. The summed E-state index contributed by atoms with van der Waals surface area (Å²) in [7, 11) is 1.78. The Labute approximate surface area is 75.7 Å². The first kappa shape index (κ1) is 10.0. The summed E-state index contributed by atoms with van der Waals surface area (Å²) >= 11 is 0. The van der Waals surface area contributed by atoms with Crippen molar-refractivity contribution < 1.29 is 4.74 Å². The molecule has 0 aromatic heterocycles. The minimum Gasteiger partial charge on any atom is -0.383 e. The molecule has 0 amide bonds. The van der Waals surface area contributed by atoms with Crippen LogP contribution in [0.4, 0.5) is 0 Å². The van der Waals surface area contributed by atoms with Crippen molar-refractivity contribution in [2.45, 2.75) is 45.2 Å². The zero-order valence-electron chi connectivity index (χ0n) is 8.47. The molecule has 1 atom stereocenters. The number of ether oxygens (including phenoxy) is 1. The van der Waals surface area contributed by atoms with Gasteiger partial charge in [-0.25, -0.2) is 0 Å². The van der Waals surface area contributed by atoms with Crippen molar-refractivity contribution in [2.24, 2.45) is 5.92 Å². The lowest BCUT2D eigenvalue weighted by atomic mass is 10.0. The zero-order chi connectivity index (χ0) is 8.97. The summed E-state index contributed by atoms with van der Waals surface area (Å²) in [5, 5.41) is 3.60. The molecule has 12 heavy (non-hydrogen) atoms. The number of rotatable bonds is 6. The van der Waals surface area contributed by atoms with Gasteiger partial charge in [-0.1, -0.05) is 13.8 Å². The van der Waals surface area contributed by atoms with Crippen molar-refractivity contribution in [1.29, 1.82) is 0 Å². The van der Waals surface area contributed by atoms with Gasteiger partial charge in [0.1, 0.15) is 0 Å². The van der Waals surface area contributed by atoms with E-state index in [9.17, 15) is 0 Å². The predicted octanol–water partition coefficient (Wildman–Crippen LogP) is 1.80. The highest BCUT2D eigenvalue weighted by Crippen LogP contribution is 2.20. The molecule has 1 saturated carbocycles. The molecule has 0 unspecified atom stereocenters. The van der Waals surface area contributed by atoms with Crippen LogP contribution in [0.2, 0.25) is 0 Å². The molecule has 0 aromatic rings. The zero-order valence-corrected chi connectivity index (χ0v) is 8.47. The Morgan fingerprint density at radius 3 is 2.50 bits per heavy atom. The van der Waals surface area contributed by atoms with E-state index >= 15 is 0 Å². The van der Waals surface area contributed by atoms with Crippen LogP contribution in [-0.2, 0) is 4.74 Å². The van der Waals surface area contributed by atoms with Crippen LogP contribution in [0.3, 0.4) is 0 Å².